The number of thiophene rings is 1. The average molecular weight is 232 g/mol. The fourth-order valence-electron chi connectivity index (χ4n) is 1.60. The molecule has 3 heteroatoms. The summed E-state index contributed by atoms with van der Waals surface area (Å²) in [7, 11) is 0. The molecule has 0 amide bonds. The van der Waals surface area contributed by atoms with Crippen LogP contribution >= 0.6 is 11.3 Å². The van der Waals surface area contributed by atoms with Crippen LogP contribution in [-0.2, 0) is 13.1 Å². The summed E-state index contributed by atoms with van der Waals surface area (Å²) < 4.78 is 0. The molecule has 0 aliphatic rings. The Hall–Kier alpha value is -1.19. The molecule has 2 heterocycles. The van der Waals surface area contributed by atoms with Crippen LogP contribution in [0.5, 0.6) is 0 Å². The number of aromatic nitrogens is 1. The molecule has 0 aliphatic heterocycles. The third-order valence-corrected chi connectivity index (χ3v) is 3.71. The Balaban J connectivity index is 1.89. The molecule has 0 saturated carbocycles. The van der Waals surface area contributed by atoms with Crippen molar-refractivity contribution >= 4 is 11.3 Å². The van der Waals surface area contributed by atoms with Crippen molar-refractivity contribution in [1.29, 1.82) is 0 Å². The van der Waals surface area contributed by atoms with Crippen LogP contribution in [0.15, 0.2) is 29.8 Å². The minimum atomic E-state index is 0.886. The molecule has 0 unspecified atom stereocenters. The second-order valence-electron chi connectivity index (χ2n) is 3.88. The van der Waals surface area contributed by atoms with E-state index in [1.807, 2.05) is 30.5 Å². The van der Waals surface area contributed by atoms with Crippen LogP contribution < -0.4 is 5.32 Å². The molecule has 16 heavy (non-hydrogen) atoms. The van der Waals surface area contributed by atoms with Crippen molar-refractivity contribution in [2.24, 2.45) is 0 Å². The van der Waals surface area contributed by atoms with E-state index in [4.69, 9.17) is 0 Å². The van der Waals surface area contributed by atoms with Crippen LogP contribution in [0, 0.1) is 13.8 Å². The Morgan fingerprint density at radius 3 is 2.81 bits per heavy atom. The van der Waals surface area contributed by atoms with E-state index in [1.54, 1.807) is 0 Å². The van der Waals surface area contributed by atoms with Crippen molar-refractivity contribution in [3.8, 4) is 0 Å². The molecule has 0 atom stereocenters. The first kappa shape index (κ1) is 11.3. The van der Waals surface area contributed by atoms with Crippen LogP contribution in [-0.4, -0.2) is 4.98 Å². The first-order chi connectivity index (χ1) is 7.77. The van der Waals surface area contributed by atoms with Crippen molar-refractivity contribution in [3.05, 3.63) is 51.5 Å². The summed E-state index contributed by atoms with van der Waals surface area (Å²) in [5.41, 5.74) is 3.76. The van der Waals surface area contributed by atoms with Gasteiger partial charge in [0, 0.05) is 29.9 Å². The summed E-state index contributed by atoms with van der Waals surface area (Å²) in [5, 5.41) is 5.60. The number of pyridine rings is 1. The Morgan fingerprint density at radius 2 is 2.12 bits per heavy atom. The van der Waals surface area contributed by atoms with Crippen molar-refractivity contribution in [3.63, 3.8) is 0 Å². The molecule has 2 aromatic rings. The Morgan fingerprint density at radius 1 is 1.25 bits per heavy atom. The van der Waals surface area contributed by atoms with E-state index in [9.17, 15) is 0 Å². The van der Waals surface area contributed by atoms with E-state index in [0.29, 0.717) is 0 Å². The highest BCUT2D eigenvalue weighted by atomic mass is 32.1. The van der Waals surface area contributed by atoms with Crippen LogP contribution in [0.3, 0.4) is 0 Å². The quantitative estimate of drug-likeness (QED) is 0.876. The molecule has 84 valence electrons. The van der Waals surface area contributed by atoms with E-state index in [0.717, 1.165) is 18.8 Å². The number of rotatable bonds is 4. The van der Waals surface area contributed by atoms with Crippen LogP contribution in [0.4, 0.5) is 0 Å². The molecule has 0 spiro atoms. The molecule has 0 saturated heterocycles. The highest BCUT2D eigenvalue weighted by molar-refractivity contribution is 7.10. The largest absolute Gasteiger partial charge is 0.308 e. The van der Waals surface area contributed by atoms with Crippen molar-refractivity contribution in [1.82, 2.24) is 10.3 Å². The van der Waals surface area contributed by atoms with Gasteiger partial charge in [0.05, 0.1) is 0 Å². The number of hydrogen-bond donors (Lipinski definition) is 1. The second kappa shape index (κ2) is 5.23. The smallest absolute Gasteiger partial charge is 0.0417 e. The van der Waals surface area contributed by atoms with Gasteiger partial charge in [0.15, 0.2) is 0 Å². The van der Waals surface area contributed by atoms with Crippen LogP contribution in [0.1, 0.15) is 21.7 Å². The third-order valence-electron chi connectivity index (χ3n) is 2.69. The van der Waals surface area contributed by atoms with E-state index >= 15 is 0 Å². The number of nitrogens with zero attached hydrogens (tertiary/aromatic N) is 1. The van der Waals surface area contributed by atoms with Gasteiger partial charge in [-0.15, -0.1) is 11.3 Å². The molecule has 0 aliphatic carbocycles. The highest BCUT2D eigenvalue weighted by Crippen LogP contribution is 2.15. The second-order valence-corrected chi connectivity index (χ2v) is 4.88. The minimum absolute atomic E-state index is 0.886. The van der Waals surface area contributed by atoms with Gasteiger partial charge in [-0.05, 0) is 42.5 Å². The standard InChI is InChI=1S/C13H16N2S/c1-10-5-7-16-13(10)9-14-8-12-4-3-6-15-11(12)2/h3-7,14H,8-9H2,1-2H3. The lowest BCUT2D eigenvalue weighted by Gasteiger charge is -2.06. The number of aryl methyl sites for hydroxylation is 2. The van der Waals surface area contributed by atoms with E-state index < -0.39 is 0 Å². The number of nitrogens with one attached hydrogen (secondary N) is 1. The molecule has 0 radical (unpaired) electrons. The maximum absolute atomic E-state index is 4.27. The molecule has 2 rings (SSSR count). The maximum atomic E-state index is 4.27. The lowest BCUT2D eigenvalue weighted by Crippen LogP contribution is -2.13. The predicted molar refractivity (Wildman–Crippen MR) is 68.6 cm³/mol. The Labute approximate surface area is 100 Å². The third kappa shape index (κ3) is 2.68. The molecule has 2 nitrogen and oxygen atoms in total. The molecule has 2 aromatic heterocycles. The topological polar surface area (TPSA) is 24.9 Å². The van der Waals surface area contributed by atoms with E-state index in [1.165, 1.54) is 16.0 Å². The Bertz CT molecular complexity index is 462. The summed E-state index contributed by atoms with van der Waals surface area (Å²) in [6.07, 6.45) is 1.84. The van der Waals surface area contributed by atoms with Gasteiger partial charge in [-0.1, -0.05) is 6.07 Å². The lowest BCUT2D eigenvalue weighted by molar-refractivity contribution is 0.693. The first-order valence-corrected chi connectivity index (χ1v) is 6.29. The summed E-state index contributed by atoms with van der Waals surface area (Å²) >= 11 is 1.81. The normalized spacial score (nSPS) is 10.6. The zero-order valence-corrected chi connectivity index (χ0v) is 10.5. The van der Waals surface area contributed by atoms with Gasteiger partial charge in [-0.25, -0.2) is 0 Å². The fourth-order valence-corrected chi connectivity index (χ4v) is 2.48. The zero-order chi connectivity index (χ0) is 11.4. The molecule has 0 fully saturated rings. The van der Waals surface area contributed by atoms with Gasteiger partial charge in [-0.2, -0.15) is 0 Å². The van der Waals surface area contributed by atoms with Crippen LogP contribution in [0.2, 0.25) is 0 Å². The van der Waals surface area contributed by atoms with Crippen molar-refractivity contribution in [2.75, 3.05) is 0 Å². The minimum Gasteiger partial charge on any atom is -0.308 e. The fraction of sp³-hybridized carbons (Fsp3) is 0.308. The van der Waals surface area contributed by atoms with Gasteiger partial charge >= 0.3 is 0 Å². The lowest BCUT2D eigenvalue weighted by atomic mass is 10.2. The maximum Gasteiger partial charge on any atom is 0.0417 e. The summed E-state index contributed by atoms with van der Waals surface area (Å²) in [6, 6.07) is 6.27. The molecular weight excluding hydrogens is 216 g/mol. The first-order valence-electron chi connectivity index (χ1n) is 5.41. The van der Waals surface area contributed by atoms with Gasteiger partial charge in [-0.3, -0.25) is 4.98 Å². The molecule has 0 aromatic carbocycles. The van der Waals surface area contributed by atoms with Crippen molar-refractivity contribution in [2.45, 2.75) is 26.9 Å². The van der Waals surface area contributed by atoms with Crippen molar-refractivity contribution < 1.29 is 0 Å². The molecule has 1 N–H and O–H groups in total. The Kier molecular flexibility index (Phi) is 3.70. The van der Waals surface area contributed by atoms with E-state index in [-0.39, 0.29) is 0 Å². The summed E-state index contributed by atoms with van der Waals surface area (Å²) in [6.45, 7) is 6.03. The van der Waals surface area contributed by atoms with E-state index in [2.05, 4.69) is 34.7 Å². The van der Waals surface area contributed by atoms with Gasteiger partial charge in [0.2, 0.25) is 0 Å². The van der Waals surface area contributed by atoms with Gasteiger partial charge in [0.25, 0.3) is 0 Å². The summed E-state index contributed by atoms with van der Waals surface area (Å²) in [5.74, 6) is 0. The van der Waals surface area contributed by atoms with Gasteiger partial charge < -0.3 is 5.32 Å². The molecule has 0 bridgehead atoms. The average Bonchev–Trinajstić information content (AvgIpc) is 2.67. The number of hydrogen-bond acceptors (Lipinski definition) is 3. The summed E-state index contributed by atoms with van der Waals surface area (Å²) in [4.78, 5) is 5.69. The van der Waals surface area contributed by atoms with Gasteiger partial charge in [0.1, 0.15) is 0 Å². The SMILES string of the molecule is Cc1ccsc1CNCc1cccnc1C. The molecular formula is C13H16N2S. The predicted octanol–water partition coefficient (Wildman–Crippen LogP) is 3.05. The highest BCUT2D eigenvalue weighted by Gasteiger charge is 2.00. The zero-order valence-electron chi connectivity index (χ0n) is 9.66. The monoisotopic (exact) mass is 232 g/mol. The van der Waals surface area contributed by atoms with Crippen LogP contribution in [0.25, 0.3) is 0 Å².